The van der Waals surface area contributed by atoms with Crippen molar-refractivity contribution in [1.29, 1.82) is 0 Å². The number of halogens is 3. The summed E-state index contributed by atoms with van der Waals surface area (Å²) in [5.41, 5.74) is 8.21. The highest BCUT2D eigenvalue weighted by atomic mass is 19.4. The molecule has 1 atom stereocenters. The fourth-order valence-electron chi connectivity index (χ4n) is 5.07. The summed E-state index contributed by atoms with van der Waals surface area (Å²) in [7, 11) is 0. The Morgan fingerprint density at radius 2 is 1.73 bits per heavy atom. The number of Topliss-reactive ketones (excluding diaryl/α,β-unsaturated/α-hetero) is 1. The molecule has 2 heterocycles. The number of pyridine rings is 1. The molecule has 0 amide bonds. The van der Waals surface area contributed by atoms with Crippen molar-refractivity contribution in [2.45, 2.75) is 78.4 Å². The van der Waals surface area contributed by atoms with Crippen LogP contribution < -0.4 is 5.73 Å². The van der Waals surface area contributed by atoms with E-state index in [-0.39, 0.29) is 17.4 Å². The quantitative estimate of drug-likeness (QED) is 0.136. The van der Waals surface area contributed by atoms with Crippen molar-refractivity contribution in [2.75, 3.05) is 18.9 Å². The topological polar surface area (TPSA) is 83.0 Å². The number of imidazole rings is 1. The van der Waals surface area contributed by atoms with E-state index in [2.05, 4.69) is 41.4 Å². The number of aromatic nitrogens is 3. The molecule has 6 nitrogen and oxygen atoms in total. The van der Waals surface area contributed by atoms with Gasteiger partial charge >= 0.3 is 6.18 Å². The van der Waals surface area contributed by atoms with E-state index in [1.165, 1.54) is 44.7 Å². The number of para-hydroxylation sites is 1. The molecule has 0 radical (unpaired) electrons. The number of ketones is 1. The molecule has 0 aliphatic rings. The van der Waals surface area contributed by atoms with Crippen molar-refractivity contribution in [3.8, 4) is 0 Å². The maximum Gasteiger partial charge on any atom is 0.416 e. The van der Waals surface area contributed by atoms with Gasteiger partial charge in [-0.1, -0.05) is 76.8 Å². The predicted molar refractivity (Wildman–Crippen MR) is 159 cm³/mol. The molecule has 9 heteroatoms. The van der Waals surface area contributed by atoms with E-state index in [1.54, 1.807) is 0 Å². The van der Waals surface area contributed by atoms with Crippen LogP contribution in [0.5, 0.6) is 0 Å². The lowest BCUT2D eigenvalue weighted by Crippen LogP contribution is -2.16. The van der Waals surface area contributed by atoms with E-state index < -0.39 is 11.7 Å². The number of fused-ring (bicyclic) bond motifs is 3. The predicted octanol–water partition coefficient (Wildman–Crippen LogP) is 8.65. The number of nitrogens with zero attached hydrogens (tertiary/aromatic N) is 3. The Hall–Kier alpha value is -3.46. The highest BCUT2D eigenvalue weighted by Gasteiger charge is 2.30. The Balaban J connectivity index is 0.000000298. The summed E-state index contributed by atoms with van der Waals surface area (Å²) < 4.78 is 44.7. The number of hydrogen-bond acceptors (Lipinski definition) is 5. The summed E-state index contributed by atoms with van der Waals surface area (Å²) in [6, 6.07) is 12.7. The van der Waals surface area contributed by atoms with Gasteiger partial charge in [0.05, 0.1) is 35.6 Å². The van der Waals surface area contributed by atoms with Gasteiger partial charge in [0.25, 0.3) is 0 Å². The Bertz CT molecular complexity index is 1410. The highest BCUT2D eigenvalue weighted by Crippen LogP contribution is 2.31. The van der Waals surface area contributed by atoms with E-state index in [9.17, 15) is 18.0 Å². The van der Waals surface area contributed by atoms with E-state index in [0.29, 0.717) is 12.4 Å². The van der Waals surface area contributed by atoms with E-state index in [0.717, 1.165) is 59.4 Å². The molecule has 0 bridgehead atoms. The minimum atomic E-state index is -4.38. The van der Waals surface area contributed by atoms with Gasteiger partial charge in [-0.25, -0.2) is 9.97 Å². The van der Waals surface area contributed by atoms with Crippen LogP contribution in [-0.4, -0.2) is 33.5 Å². The van der Waals surface area contributed by atoms with Gasteiger partial charge < -0.3 is 15.0 Å². The first-order valence-corrected chi connectivity index (χ1v) is 14.4. The smallest absolute Gasteiger partial charge is 0.382 e. The lowest BCUT2D eigenvalue weighted by Gasteiger charge is -2.20. The number of hydrogen-bond donors (Lipinski definition) is 1. The number of benzene rings is 2. The number of ether oxygens (including phenoxy) is 1. The van der Waals surface area contributed by atoms with Gasteiger partial charge in [0.1, 0.15) is 5.52 Å². The SMILES string of the molecule is CC(=O)c1cccc(C(F)(F)F)c1.CCCC(CCC)CCOCC(CC)n1cnc2c(N)nc3ccccc3c21. The third kappa shape index (κ3) is 8.52. The van der Waals surface area contributed by atoms with Crippen LogP contribution in [0.3, 0.4) is 0 Å². The summed E-state index contributed by atoms with van der Waals surface area (Å²) >= 11 is 0. The molecule has 0 aliphatic carbocycles. The minimum absolute atomic E-state index is 0.0785. The zero-order chi connectivity index (χ0) is 30.0. The molecule has 2 aromatic heterocycles. The zero-order valence-corrected chi connectivity index (χ0v) is 24.4. The highest BCUT2D eigenvalue weighted by molar-refractivity contribution is 6.06. The molecule has 2 aromatic carbocycles. The fourth-order valence-corrected chi connectivity index (χ4v) is 5.07. The number of carbonyl (C=O) groups excluding carboxylic acids is 1. The number of anilines is 1. The average molecular weight is 571 g/mol. The normalized spacial score (nSPS) is 12.5. The van der Waals surface area contributed by atoms with Crippen LogP contribution in [0.2, 0.25) is 0 Å². The van der Waals surface area contributed by atoms with Gasteiger partial charge in [-0.2, -0.15) is 13.2 Å². The summed E-state index contributed by atoms with van der Waals surface area (Å²) in [6.45, 7) is 9.50. The molecule has 0 saturated carbocycles. The zero-order valence-electron chi connectivity index (χ0n) is 24.4. The van der Waals surface area contributed by atoms with Crippen molar-refractivity contribution in [1.82, 2.24) is 14.5 Å². The number of alkyl halides is 3. The summed E-state index contributed by atoms with van der Waals surface area (Å²) in [6.07, 6.45) is 4.77. The maximum atomic E-state index is 12.1. The number of nitrogen functional groups attached to an aromatic ring is 1. The van der Waals surface area contributed by atoms with Crippen molar-refractivity contribution < 1.29 is 22.7 Å². The minimum Gasteiger partial charge on any atom is -0.382 e. The van der Waals surface area contributed by atoms with Gasteiger partial charge in [0, 0.05) is 17.6 Å². The average Bonchev–Trinajstić information content (AvgIpc) is 3.39. The number of rotatable bonds is 12. The van der Waals surface area contributed by atoms with Gasteiger partial charge in [-0.3, -0.25) is 4.79 Å². The molecule has 1 unspecified atom stereocenters. The van der Waals surface area contributed by atoms with Crippen LogP contribution in [0.25, 0.3) is 21.9 Å². The number of carbonyl (C=O) groups is 1. The van der Waals surface area contributed by atoms with Crippen molar-refractivity contribution in [3.63, 3.8) is 0 Å². The first-order chi connectivity index (χ1) is 19.6. The summed E-state index contributed by atoms with van der Waals surface area (Å²) in [5.74, 6) is 0.912. The van der Waals surface area contributed by atoms with Crippen LogP contribution in [0.1, 0.15) is 88.2 Å². The molecule has 0 saturated heterocycles. The molecular weight excluding hydrogens is 529 g/mol. The van der Waals surface area contributed by atoms with Crippen LogP contribution in [0, 0.1) is 5.92 Å². The van der Waals surface area contributed by atoms with Crippen LogP contribution in [-0.2, 0) is 10.9 Å². The molecule has 0 spiro atoms. The first kappa shape index (κ1) is 32.1. The summed E-state index contributed by atoms with van der Waals surface area (Å²) in [4.78, 5) is 19.8. The third-order valence-corrected chi connectivity index (χ3v) is 7.27. The van der Waals surface area contributed by atoms with Crippen molar-refractivity contribution in [2.24, 2.45) is 5.92 Å². The third-order valence-electron chi connectivity index (χ3n) is 7.27. The second-order valence-corrected chi connectivity index (χ2v) is 10.4. The van der Waals surface area contributed by atoms with E-state index >= 15 is 0 Å². The largest absolute Gasteiger partial charge is 0.416 e. The van der Waals surface area contributed by atoms with Crippen LogP contribution >= 0.6 is 0 Å². The van der Waals surface area contributed by atoms with Crippen LogP contribution in [0.4, 0.5) is 19.0 Å². The molecular formula is C32H41F3N4O2. The van der Waals surface area contributed by atoms with Crippen LogP contribution in [0.15, 0.2) is 54.9 Å². The molecule has 222 valence electrons. The lowest BCUT2D eigenvalue weighted by molar-refractivity contribution is -0.137. The molecule has 0 aliphatic heterocycles. The summed E-state index contributed by atoms with van der Waals surface area (Å²) in [5, 5.41) is 1.09. The van der Waals surface area contributed by atoms with E-state index in [4.69, 9.17) is 10.5 Å². The second kappa shape index (κ2) is 15.0. The molecule has 2 N–H and O–H groups in total. The maximum absolute atomic E-state index is 12.1. The van der Waals surface area contributed by atoms with Gasteiger partial charge in [-0.05, 0) is 43.9 Å². The molecule has 4 aromatic rings. The van der Waals surface area contributed by atoms with E-state index in [1.807, 2.05) is 24.5 Å². The first-order valence-electron chi connectivity index (χ1n) is 14.4. The Morgan fingerprint density at radius 3 is 2.37 bits per heavy atom. The standard InChI is InChI=1S/C23H34N4O.C9H7F3O/c1-4-9-17(10-5-2)13-14-28-15-18(6-3)27-16-25-21-22(27)19-11-7-8-12-20(19)26-23(21)24;1-6(13)7-3-2-4-8(5-7)9(10,11)12/h7-8,11-12,16-18H,4-6,9-10,13-15H2,1-3H3,(H2,24,26);2-5H,1H3. The lowest BCUT2D eigenvalue weighted by atomic mass is 9.95. The van der Waals surface area contributed by atoms with Crippen molar-refractivity contribution in [3.05, 3.63) is 66.0 Å². The monoisotopic (exact) mass is 570 g/mol. The Labute approximate surface area is 240 Å². The van der Waals surface area contributed by atoms with Crippen molar-refractivity contribution >= 4 is 33.5 Å². The molecule has 0 fully saturated rings. The van der Waals surface area contributed by atoms with Gasteiger partial charge in [0.2, 0.25) is 0 Å². The fraction of sp³-hybridized carbons (Fsp3) is 0.469. The Kier molecular flexibility index (Phi) is 11.7. The second-order valence-electron chi connectivity index (χ2n) is 10.4. The number of nitrogens with two attached hydrogens (primary N) is 1. The molecule has 41 heavy (non-hydrogen) atoms. The molecule has 4 rings (SSSR count). The Morgan fingerprint density at radius 1 is 1.02 bits per heavy atom. The van der Waals surface area contributed by atoms with Gasteiger partial charge in [0.15, 0.2) is 11.6 Å². The van der Waals surface area contributed by atoms with Gasteiger partial charge in [-0.15, -0.1) is 0 Å².